The molecule has 0 unspecified atom stereocenters. The first-order valence-corrected chi connectivity index (χ1v) is 12.6. The van der Waals surface area contributed by atoms with E-state index in [1.807, 2.05) is 32.0 Å². The molecule has 1 aromatic carbocycles. The van der Waals surface area contributed by atoms with Crippen LogP contribution in [0.15, 0.2) is 35.1 Å². The second kappa shape index (κ2) is 9.64. The SMILES string of the molecule is Cc1cc([C@@H](C)Nc2ccc(C)nc2C(F)(F)F)c2cc(N3CCN(C4COC4)CC3)n(C)c(=O)c2c1. The molecule has 0 spiro atoms. The Labute approximate surface area is 213 Å². The molecule has 2 saturated heterocycles. The minimum atomic E-state index is -4.58. The third kappa shape index (κ3) is 4.92. The smallest absolute Gasteiger partial charge is 0.378 e. The quantitative estimate of drug-likeness (QED) is 0.548. The van der Waals surface area contributed by atoms with E-state index in [1.165, 1.54) is 13.0 Å². The molecule has 0 bridgehead atoms. The van der Waals surface area contributed by atoms with Gasteiger partial charge in [-0.15, -0.1) is 0 Å². The maximum atomic E-state index is 13.7. The van der Waals surface area contributed by atoms with Crippen LogP contribution in [0.4, 0.5) is 24.7 Å². The van der Waals surface area contributed by atoms with Gasteiger partial charge in [0.1, 0.15) is 5.82 Å². The zero-order chi connectivity index (χ0) is 26.5. The summed E-state index contributed by atoms with van der Waals surface area (Å²) < 4.78 is 48.1. The van der Waals surface area contributed by atoms with E-state index in [-0.39, 0.29) is 11.2 Å². The summed E-state index contributed by atoms with van der Waals surface area (Å²) in [5, 5.41) is 4.32. The predicted octanol–water partition coefficient (Wildman–Crippen LogP) is 4.26. The molecule has 0 saturated carbocycles. The van der Waals surface area contributed by atoms with Gasteiger partial charge >= 0.3 is 6.18 Å². The molecule has 7 nitrogen and oxygen atoms in total. The highest BCUT2D eigenvalue weighted by atomic mass is 19.4. The highest BCUT2D eigenvalue weighted by Crippen LogP contribution is 2.36. The molecular formula is C27H32F3N5O2. The monoisotopic (exact) mass is 515 g/mol. The first-order valence-electron chi connectivity index (χ1n) is 12.6. The molecule has 2 aliphatic heterocycles. The number of piperazine rings is 1. The molecule has 3 aromatic rings. The molecule has 198 valence electrons. The first kappa shape index (κ1) is 25.5. The van der Waals surface area contributed by atoms with E-state index >= 15 is 0 Å². The Morgan fingerprint density at radius 3 is 2.38 bits per heavy atom. The normalized spacial score (nSPS) is 18.2. The molecule has 5 rings (SSSR count). The van der Waals surface area contributed by atoms with Gasteiger partial charge in [0.15, 0.2) is 5.69 Å². The van der Waals surface area contributed by atoms with E-state index in [2.05, 4.69) is 20.1 Å². The number of aromatic nitrogens is 2. The van der Waals surface area contributed by atoms with Crippen molar-refractivity contribution in [2.45, 2.75) is 39.0 Å². The van der Waals surface area contributed by atoms with Crippen LogP contribution >= 0.6 is 0 Å². The van der Waals surface area contributed by atoms with Crippen LogP contribution in [-0.4, -0.2) is 59.9 Å². The van der Waals surface area contributed by atoms with Crippen molar-refractivity contribution in [1.29, 1.82) is 0 Å². The Kier molecular flexibility index (Phi) is 6.66. The number of rotatable bonds is 5. The predicted molar refractivity (Wildman–Crippen MR) is 138 cm³/mol. The fourth-order valence-corrected chi connectivity index (χ4v) is 5.29. The van der Waals surface area contributed by atoms with Crippen LogP contribution in [0.1, 0.15) is 35.5 Å². The van der Waals surface area contributed by atoms with Gasteiger partial charge in [-0.2, -0.15) is 13.2 Å². The molecule has 4 heterocycles. The van der Waals surface area contributed by atoms with E-state index in [0.717, 1.165) is 61.7 Å². The second-order valence-electron chi connectivity index (χ2n) is 10.1. The third-order valence-corrected chi connectivity index (χ3v) is 7.43. The number of hydrogen-bond donors (Lipinski definition) is 1. The summed E-state index contributed by atoms with van der Waals surface area (Å²) in [6.45, 7) is 10.1. The van der Waals surface area contributed by atoms with Gasteiger partial charge in [-0.25, -0.2) is 4.98 Å². The summed E-state index contributed by atoms with van der Waals surface area (Å²) in [6.07, 6.45) is -4.58. The van der Waals surface area contributed by atoms with Gasteiger partial charge in [0.2, 0.25) is 0 Å². The lowest BCUT2D eigenvalue weighted by Gasteiger charge is -2.43. The second-order valence-corrected chi connectivity index (χ2v) is 10.1. The number of anilines is 2. The van der Waals surface area contributed by atoms with Crippen molar-refractivity contribution < 1.29 is 17.9 Å². The van der Waals surface area contributed by atoms with Gasteiger partial charge in [-0.05, 0) is 61.5 Å². The van der Waals surface area contributed by atoms with Gasteiger partial charge < -0.3 is 15.0 Å². The lowest BCUT2D eigenvalue weighted by molar-refractivity contribution is -0.140. The standard InChI is InChI=1S/C27H32F3N5O2/c1-16-11-20(18(3)32-23-6-5-17(2)31-25(23)27(28,29)30)21-13-24(33(4)26(36)22(21)12-16)35-9-7-34(8-10-35)19-14-37-15-19/h5-6,11-13,18-19,32H,7-10,14-15H2,1-4H3/t18-/m1/s1. The Morgan fingerprint density at radius 1 is 1.05 bits per heavy atom. The molecule has 0 amide bonds. The lowest BCUT2D eigenvalue weighted by atomic mass is 9.97. The number of alkyl halides is 3. The number of ether oxygens (including phenoxy) is 1. The first-order chi connectivity index (χ1) is 17.5. The number of halogens is 3. The summed E-state index contributed by atoms with van der Waals surface area (Å²) in [5.41, 5.74) is 0.795. The number of nitrogens with one attached hydrogen (secondary N) is 1. The molecule has 2 aliphatic rings. The summed E-state index contributed by atoms with van der Waals surface area (Å²) in [4.78, 5) is 21.8. The molecular weight excluding hydrogens is 483 g/mol. The lowest BCUT2D eigenvalue weighted by Crippen LogP contribution is -2.57. The maximum absolute atomic E-state index is 13.7. The van der Waals surface area contributed by atoms with Crippen LogP contribution in [-0.2, 0) is 18.0 Å². The number of benzene rings is 1. The third-order valence-electron chi connectivity index (χ3n) is 7.43. The average Bonchev–Trinajstić information content (AvgIpc) is 2.81. The highest BCUT2D eigenvalue weighted by molar-refractivity contribution is 5.89. The Morgan fingerprint density at radius 2 is 1.76 bits per heavy atom. The van der Waals surface area contributed by atoms with Gasteiger partial charge in [-0.1, -0.05) is 6.07 Å². The van der Waals surface area contributed by atoms with Crippen molar-refractivity contribution in [2.24, 2.45) is 7.05 Å². The Hall–Kier alpha value is -3.11. The number of pyridine rings is 2. The minimum Gasteiger partial charge on any atom is -0.378 e. The van der Waals surface area contributed by atoms with Crippen molar-refractivity contribution in [3.8, 4) is 0 Å². The van der Waals surface area contributed by atoms with Crippen molar-refractivity contribution in [2.75, 3.05) is 49.6 Å². The summed E-state index contributed by atoms with van der Waals surface area (Å²) in [6, 6.07) is 8.74. The number of aryl methyl sites for hydroxylation is 2. The number of fused-ring (bicyclic) bond motifs is 1. The van der Waals surface area contributed by atoms with E-state index in [4.69, 9.17) is 4.74 Å². The molecule has 2 fully saturated rings. The van der Waals surface area contributed by atoms with Gasteiger partial charge in [0, 0.05) is 50.3 Å². The molecule has 37 heavy (non-hydrogen) atoms. The largest absolute Gasteiger partial charge is 0.435 e. The molecule has 1 N–H and O–H groups in total. The van der Waals surface area contributed by atoms with Gasteiger partial charge in [0.05, 0.1) is 24.9 Å². The fraction of sp³-hybridized carbons (Fsp3) is 0.481. The van der Waals surface area contributed by atoms with Crippen LogP contribution in [0.5, 0.6) is 0 Å². The van der Waals surface area contributed by atoms with Crippen molar-refractivity contribution in [3.05, 3.63) is 63.2 Å². The molecule has 0 aliphatic carbocycles. The van der Waals surface area contributed by atoms with Crippen molar-refractivity contribution >= 4 is 22.3 Å². The Balaban J connectivity index is 1.51. The van der Waals surface area contributed by atoms with E-state index in [9.17, 15) is 18.0 Å². The maximum Gasteiger partial charge on any atom is 0.435 e. The molecule has 1 atom stereocenters. The summed E-state index contributed by atoms with van der Waals surface area (Å²) in [7, 11) is 1.78. The van der Waals surface area contributed by atoms with Crippen LogP contribution in [0.2, 0.25) is 0 Å². The van der Waals surface area contributed by atoms with Crippen molar-refractivity contribution in [3.63, 3.8) is 0 Å². The fourth-order valence-electron chi connectivity index (χ4n) is 5.29. The Bertz CT molecular complexity index is 1380. The van der Waals surface area contributed by atoms with Crippen molar-refractivity contribution in [1.82, 2.24) is 14.5 Å². The zero-order valence-corrected chi connectivity index (χ0v) is 21.5. The van der Waals surface area contributed by atoms with Crippen LogP contribution in [0.3, 0.4) is 0 Å². The number of hydrogen-bond acceptors (Lipinski definition) is 6. The minimum absolute atomic E-state index is 0.0830. The van der Waals surface area contributed by atoms with Gasteiger partial charge in [-0.3, -0.25) is 14.3 Å². The zero-order valence-electron chi connectivity index (χ0n) is 21.5. The van der Waals surface area contributed by atoms with Crippen LogP contribution in [0, 0.1) is 13.8 Å². The topological polar surface area (TPSA) is 62.6 Å². The van der Waals surface area contributed by atoms with E-state index in [0.29, 0.717) is 17.1 Å². The average molecular weight is 516 g/mol. The van der Waals surface area contributed by atoms with E-state index < -0.39 is 17.9 Å². The molecule has 2 aromatic heterocycles. The van der Waals surface area contributed by atoms with Gasteiger partial charge in [0.25, 0.3) is 5.56 Å². The van der Waals surface area contributed by atoms with Crippen LogP contribution < -0.4 is 15.8 Å². The summed E-state index contributed by atoms with van der Waals surface area (Å²) >= 11 is 0. The highest BCUT2D eigenvalue weighted by Gasteiger charge is 2.36. The summed E-state index contributed by atoms with van der Waals surface area (Å²) in [5.74, 6) is 0.812. The number of nitrogens with zero attached hydrogens (tertiary/aromatic N) is 4. The molecule has 10 heteroatoms. The van der Waals surface area contributed by atoms with Crippen LogP contribution in [0.25, 0.3) is 10.8 Å². The van der Waals surface area contributed by atoms with E-state index in [1.54, 1.807) is 17.7 Å². The molecule has 0 radical (unpaired) electrons.